The van der Waals surface area contributed by atoms with E-state index in [4.69, 9.17) is 0 Å². The molecule has 8 nitrogen and oxygen atoms in total. The number of nitrogens with zero attached hydrogens (tertiary/aromatic N) is 2. The SMILES string of the molecule is C[C@H]1CC[C@]2(CCCN2)[C@H]2CN1C(=O)c1c(O)c(=O)c(C(=O)NCc3c(F)cc(F)cc3F)cn12. The van der Waals surface area contributed by atoms with Gasteiger partial charge in [0.25, 0.3) is 11.8 Å². The molecule has 0 aliphatic carbocycles. The van der Waals surface area contributed by atoms with Crippen LogP contribution in [0.2, 0.25) is 0 Å². The number of rotatable bonds is 3. The van der Waals surface area contributed by atoms with Gasteiger partial charge in [0.1, 0.15) is 23.0 Å². The fourth-order valence-corrected chi connectivity index (χ4v) is 5.67. The Morgan fingerprint density at radius 2 is 1.94 bits per heavy atom. The molecular formula is C24H25F3N4O4. The van der Waals surface area contributed by atoms with Crippen molar-refractivity contribution >= 4 is 11.8 Å². The lowest BCUT2D eigenvalue weighted by Gasteiger charge is -2.43. The molecule has 2 aromatic rings. The van der Waals surface area contributed by atoms with Gasteiger partial charge in [0.05, 0.1) is 6.04 Å². The third kappa shape index (κ3) is 3.69. The molecule has 2 saturated heterocycles. The maximum atomic E-state index is 14.0. The normalized spacial score (nSPS) is 25.5. The summed E-state index contributed by atoms with van der Waals surface area (Å²) in [5, 5.41) is 16.6. The van der Waals surface area contributed by atoms with E-state index in [0.717, 1.165) is 32.2 Å². The molecule has 11 heteroatoms. The molecule has 1 spiro atoms. The molecule has 186 valence electrons. The van der Waals surface area contributed by atoms with E-state index in [9.17, 15) is 32.7 Å². The second kappa shape index (κ2) is 8.40. The average Bonchev–Trinajstić information content (AvgIpc) is 3.24. The van der Waals surface area contributed by atoms with Gasteiger partial charge in [-0.3, -0.25) is 14.4 Å². The minimum atomic E-state index is -1.18. The average molecular weight is 490 g/mol. The molecular weight excluding hydrogens is 465 g/mol. The van der Waals surface area contributed by atoms with Crippen molar-refractivity contribution in [3.8, 4) is 5.75 Å². The van der Waals surface area contributed by atoms with Gasteiger partial charge in [0, 0.05) is 48.6 Å². The van der Waals surface area contributed by atoms with Crippen LogP contribution in [0.15, 0.2) is 23.1 Å². The van der Waals surface area contributed by atoms with Crippen molar-refractivity contribution < 1.29 is 27.9 Å². The standard InChI is InChI=1S/C24H25F3N4O4/c1-12-3-5-24(4-2-6-29-24)18-11-30(12)23(35)19-21(33)20(32)15(10-31(18)19)22(34)28-9-14-16(26)7-13(25)8-17(14)27/h7-8,10,12,18,29,33H,2-6,9,11H2,1H3,(H,28,34)/t12-,18+,24+/m0/s1. The summed E-state index contributed by atoms with van der Waals surface area (Å²) in [6.45, 7) is 2.44. The zero-order valence-corrected chi connectivity index (χ0v) is 19.0. The monoisotopic (exact) mass is 490 g/mol. The van der Waals surface area contributed by atoms with Gasteiger partial charge in [0.15, 0.2) is 11.4 Å². The maximum absolute atomic E-state index is 14.0. The lowest BCUT2D eigenvalue weighted by Crippen LogP contribution is -2.55. The van der Waals surface area contributed by atoms with Gasteiger partial charge in [-0.25, -0.2) is 13.2 Å². The summed E-state index contributed by atoms with van der Waals surface area (Å²) in [4.78, 5) is 40.7. The predicted molar refractivity (Wildman–Crippen MR) is 119 cm³/mol. The molecule has 1 aromatic heterocycles. The first-order valence-corrected chi connectivity index (χ1v) is 11.6. The third-order valence-corrected chi connectivity index (χ3v) is 7.61. The first-order chi connectivity index (χ1) is 16.6. The second-order valence-corrected chi connectivity index (χ2v) is 9.55. The number of carbonyl (C=O) groups excluding carboxylic acids is 2. The Balaban J connectivity index is 1.54. The number of amides is 2. The highest BCUT2D eigenvalue weighted by atomic mass is 19.1. The van der Waals surface area contributed by atoms with Crippen molar-refractivity contribution in [2.45, 2.75) is 56.8 Å². The molecule has 35 heavy (non-hydrogen) atoms. The van der Waals surface area contributed by atoms with E-state index in [0.29, 0.717) is 18.7 Å². The van der Waals surface area contributed by atoms with E-state index in [1.807, 2.05) is 6.92 Å². The third-order valence-electron chi connectivity index (χ3n) is 7.61. The zero-order valence-electron chi connectivity index (χ0n) is 19.0. The summed E-state index contributed by atoms with van der Waals surface area (Å²) >= 11 is 0. The summed E-state index contributed by atoms with van der Waals surface area (Å²) in [6, 6.07) is 0.567. The largest absolute Gasteiger partial charge is 0.503 e. The summed E-state index contributed by atoms with van der Waals surface area (Å²) in [6.07, 6.45) is 4.55. The van der Waals surface area contributed by atoms with Crippen molar-refractivity contribution in [2.75, 3.05) is 13.1 Å². The molecule has 2 bridgehead atoms. The van der Waals surface area contributed by atoms with Crippen LogP contribution in [0.3, 0.4) is 0 Å². The Morgan fingerprint density at radius 3 is 2.60 bits per heavy atom. The van der Waals surface area contributed by atoms with Crippen LogP contribution in [0, 0.1) is 17.5 Å². The van der Waals surface area contributed by atoms with Crippen molar-refractivity contribution in [2.24, 2.45) is 0 Å². The van der Waals surface area contributed by atoms with Gasteiger partial charge in [-0.2, -0.15) is 0 Å². The Bertz CT molecular complexity index is 1270. The van der Waals surface area contributed by atoms with Crippen LogP contribution in [0.5, 0.6) is 5.75 Å². The lowest BCUT2D eigenvalue weighted by atomic mass is 9.83. The first kappa shape index (κ1) is 23.4. The number of aromatic hydroxyl groups is 1. The molecule has 3 aliphatic rings. The maximum Gasteiger partial charge on any atom is 0.274 e. The van der Waals surface area contributed by atoms with E-state index in [-0.39, 0.29) is 23.3 Å². The van der Waals surface area contributed by atoms with Crippen LogP contribution in [0.4, 0.5) is 13.2 Å². The zero-order chi connectivity index (χ0) is 25.1. The molecule has 4 heterocycles. The Hall–Kier alpha value is -3.34. The van der Waals surface area contributed by atoms with E-state index in [1.54, 1.807) is 4.90 Å². The van der Waals surface area contributed by atoms with Crippen LogP contribution in [0.1, 0.15) is 65.1 Å². The van der Waals surface area contributed by atoms with E-state index < -0.39 is 58.1 Å². The lowest BCUT2D eigenvalue weighted by molar-refractivity contribution is 0.0570. The van der Waals surface area contributed by atoms with Crippen LogP contribution in [-0.4, -0.2) is 51.1 Å². The predicted octanol–water partition coefficient (Wildman–Crippen LogP) is 2.20. The highest BCUT2D eigenvalue weighted by molar-refractivity contribution is 5.99. The fraction of sp³-hybridized carbons (Fsp3) is 0.458. The van der Waals surface area contributed by atoms with E-state index >= 15 is 0 Å². The van der Waals surface area contributed by atoms with Crippen LogP contribution in [0.25, 0.3) is 0 Å². The molecule has 5 rings (SSSR count). The molecule has 0 saturated carbocycles. The fourth-order valence-electron chi connectivity index (χ4n) is 5.67. The molecule has 2 amide bonds. The molecule has 1 aromatic carbocycles. The Morgan fingerprint density at radius 1 is 1.23 bits per heavy atom. The quantitative estimate of drug-likeness (QED) is 0.612. The summed E-state index contributed by atoms with van der Waals surface area (Å²) in [5.41, 5.74) is -2.61. The number of pyridine rings is 1. The summed E-state index contributed by atoms with van der Waals surface area (Å²) in [7, 11) is 0. The Kier molecular flexibility index (Phi) is 5.62. The number of hydrogen-bond acceptors (Lipinski definition) is 5. The number of nitrogens with one attached hydrogen (secondary N) is 2. The molecule has 3 aliphatic heterocycles. The van der Waals surface area contributed by atoms with Crippen LogP contribution in [-0.2, 0) is 6.54 Å². The van der Waals surface area contributed by atoms with E-state index in [1.165, 1.54) is 10.8 Å². The first-order valence-electron chi connectivity index (χ1n) is 11.6. The Labute approximate surface area is 198 Å². The van der Waals surface area contributed by atoms with Gasteiger partial charge in [-0.15, -0.1) is 0 Å². The van der Waals surface area contributed by atoms with Crippen molar-refractivity contribution in [1.82, 2.24) is 20.1 Å². The minimum Gasteiger partial charge on any atom is -0.503 e. The number of benzene rings is 1. The highest BCUT2D eigenvalue weighted by Gasteiger charge is 2.50. The topological polar surface area (TPSA) is 104 Å². The van der Waals surface area contributed by atoms with Gasteiger partial charge in [0.2, 0.25) is 5.43 Å². The summed E-state index contributed by atoms with van der Waals surface area (Å²) in [5.74, 6) is -5.76. The highest BCUT2D eigenvalue weighted by Crippen LogP contribution is 2.43. The minimum absolute atomic E-state index is 0.0847. The molecule has 3 atom stereocenters. The second-order valence-electron chi connectivity index (χ2n) is 9.55. The molecule has 0 unspecified atom stereocenters. The number of carbonyl (C=O) groups is 2. The number of fused-ring (bicyclic) bond motifs is 5. The molecule has 2 fully saturated rings. The van der Waals surface area contributed by atoms with Crippen LogP contribution < -0.4 is 16.1 Å². The van der Waals surface area contributed by atoms with Crippen molar-refractivity contribution in [3.05, 3.63) is 62.8 Å². The summed E-state index contributed by atoms with van der Waals surface area (Å²) < 4.78 is 42.6. The number of halogens is 3. The van der Waals surface area contributed by atoms with Gasteiger partial charge >= 0.3 is 0 Å². The van der Waals surface area contributed by atoms with Gasteiger partial charge < -0.3 is 25.2 Å². The number of hydrogen-bond donors (Lipinski definition) is 3. The smallest absolute Gasteiger partial charge is 0.274 e. The van der Waals surface area contributed by atoms with Crippen LogP contribution >= 0.6 is 0 Å². The van der Waals surface area contributed by atoms with Crippen molar-refractivity contribution in [1.29, 1.82) is 0 Å². The molecule has 0 radical (unpaired) electrons. The van der Waals surface area contributed by atoms with Gasteiger partial charge in [-0.05, 0) is 39.2 Å². The molecule has 3 N–H and O–H groups in total. The number of aromatic nitrogens is 1. The van der Waals surface area contributed by atoms with Crippen molar-refractivity contribution in [3.63, 3.8) is 0 Å². The van der Waals surface area contributed by atoms with Gasteiger partial charge in [-0.1, -0.05) is 0 Å². The van der Waals surface area contributed by atoms with E-state index in [2.05, 4.69) is 10.6 Å².